The lowest BCUT2D eigenvalue weighted by Gasteiger charge is -2.40. The number of nitrogens with one attached hydrogen (secondary N) is 1. The number of amides is 1. The predicted octanol–water partition coefficient (Wildman–Crippen LogP) is 2.66. The van der Waals surface area contributed by atoms with Crippen molar-refractivity contribution in [3.8, 4) is 0 Å². The predicted molar refractivity (Wildman–Crippen MR) is 93.1 cm³/mol. The molecule has 136 valence electrons. The molecule has 1 aliphatic heterocycles. The Kier molecular flexibility index (Phi) is 3.96. The molecule has 7 nitrogen and oxygen atoms in total. The van der Waals surface area contributed by atoms with Crippen LogP contribution in [0.15, 0.2) is 24.5 Å². The average Bonchev–Trinajstić information content (AvgIpc) is 3.16. The van der Waals surface area contributed by atoms with E-state index in [4.69, 9.17) is 9.72 Å². The third-order valence-electron chi connectivity index (χ3n) is 5.74. The van der Waals surface area contributed by atoms with Crippen LogP contribution in [0.4, 0.5) is 0 Å². The minimum atomic E-state index is -0.333. The highest BCUT2D eigenvalue weighted by atomic mass is 16.5. The zero-order valence-corrected chi connectivity index (χ0v) is 14.7. The maximum absolute atomic E-state index is 12.6. The summed E-state index contributed by atoms with van der Waals surface area (Å²) in [5, 5.41) is 7.57. The van der Waals surface area contributed by atoms with Gasteiger partial charge in [0.2, 0.25) is 5.91 Å². The highest BCUT2D eigenvalue weighted by Gasteiger charge is 2.46. The van der Waals surface area contributed by atoms with Crippen LogP contribution in [0.3, 0.4) is 0 Å². The van der Waals surface area contributed by atoms with E-state index in [1.165, 1.54) is 12.8 Å². The van der Waals surface area contributed by atoms with Crippen LogP contribution in [0.1, 0.15) is 73.8 Å². The first-order valence-electron chi connectivity index (χ1n) is 9.56. The second kappa shape index (κ2) is 6.46. The van der Waals surface area contributed by atoms with Crippen molar-refractivity contribution in [2.24, 2.45) is 0 Å². The van der Waals surface area contributed by atoms with E-state index in [9.17, 15) is 4.79 Å². The normalized spacial score (nSPS) is 27.2. The van der Waals surface area contributed by atoms with Gasteiger partial charge in [-0.3, -0.25) is 14.9 Å². The van der Waals surface area contributed by atoms with E-state index in [1.54, 1.807) is 6.20 Å². The molecule has 2 atom stereocenters. The maximum atomic E-state index is 12.6. The summed E-state index contributed by atoms with van der Waals surface area (Å²) in [6.45, 7) is 0.0946. The zero-order chi connectivity index (χ0) is 17.5. The van der Waals surface area contributed by atoms with Gasteiger partial charge in [-0.1, -0.05) is 18.9 Å². The van der Waals surface area contributed by atoms with Crippen molar-refractivity contribution in [1.82, 2.24) is 25.1 Å². The van der Waals surface area contributed by atoms with Gasteiger partial charge in [-0.15, -0.1) is 0 Å². The zero-order valence-electron chi connectivity index (χ0n) is 14.7. The van der Waals surface area contributed by atoms with Gasteiger partial charge >= 0.3 is 0 Å². The second-order valence-electron chi connectivity index (χ2n) is 7.56. The number of morpholine rings is 1. The van der Waals surface area contributed by atoms with Crippen LogP contribution in [0.25, 0.3) is 0 Å². The quantitative estimate of drug-likeness (QED) is 0.913. The number of carbonyl (C=O) groups excluding carboxylic acids is 1. The summed E-state index contributed by atoms with van der Waals surface area (Å²) in [6.07, 6.45) is 10.1. The third-order valence-corrected chi connectivity index (χ3v) is 5.74. The number of aromatic nitrogens is 4. The molecule has 1 N–H and O–H groups in total. The number of carbonyl (C=O) groups is 1. The number of nitrogens with zero attached hydrogens (tertiary/aromatic N) is 4. The van der Waals surface area contributed by atoms with E-state index in [0.29, 0.717) is 12.0 Å². The van der Waals surface area contributed by atoms with Crippen molar-refractivity contribution in [3.05, 3.63) is 41.7 Å². The summed E-state index contributed by atoms with van der Waals surface area (Å²) in [4.78, 5) is 23.6. The summed E-state index contributed by atoms with van der Waals surface area (Å²) in [7, 11) is 0. The van der Waals surface area contributed by atoms with E-state index in [0.717, 1.165) is 42.9 Å². The van der Waals surface area contributed by atoms with Gasteiger partial charge in [0.1, 0.15) is 12.7 Å². The first-order valence-corrected chi connectivity index (χ1v) is 9.56. The number of rotatable bonds is 4. The lowest BCUT2D eigenvalue weighted by molar-refractivity contribution is -0.160. The van der Waals surface area contributed by atoms with Crippen molar-refractivity contribution < 1.29 is 9.53 Å². The highest BCUT2D eigenvalue weighted by Crippen LogP contribution is 2.44. The van der Waals surface area contributed by atoms with Crippen LogP contribution >= 0.6 is 0 Å². The van der Waals surface area contributed by atoms with Crippen LogP contribution in [-0.2, 0) is 9.53 Å². The molecule has 0 spiro atoms. The Morgan fingerprint density at radius 1 is 1.19 bits per heavy atom. The van der Waals surface area contributed by atoms with Crippen molar-refractivity contribution in [2.45, 2.75) is 62.6 Å². The summed E-state index contributed by atoms with van der Waals surface area (Å²) < 4.78 is 5.97. The number of H-pyrrole nitrogens is 1. The largest absolute Gasteiger partial charge is 0.358 e. The molecule has 1 amide bonds. The van der Waals surface area contributed by atoms with Crippen LogP contribution in [-0.4, -0.2) is 43.6 Å². The smallest absolute Gasteiger partial charge is 0.249 e. The number of hydrogen-bond donors (Lipinski definition) is 1. The van der Waals surface area contributed by atoms with Crippen LogP contribution in [0.2, 0.25) is 0 Å². The molecule has 0 aromatic carbocycles. The van der Waals surface area contributed by atoms with Crippen LogP contribution in [0.5, 0.6) is 0 Å². The van der Waals surface area contributed by atoms with E-state index in [2.05, 4.69) is 15.2 Å². The molecule has 2 saturated carbocycles. The number of aromatic amines is 1. The summed E-state index contributed by atoms with van der Waals surface area (Å²) in [5.41, 5.74) is 0.983. The van der Waals surface area contributed by atoms with Crippen LogP contribution in [0, 0.1) is 0 Å². The minimum Gasteiger partial charge on any atom is -0.358 e. The van der Waals surface area contributed by atoms with E-state index in [1.807, 2.05) is 23.2 Å². The van der Waals surface area contributed by atoms with Gasteiger partial charge in [0, 0.05) is 24.4 Å². The molecule has 2 aliphatic carbocycles. The molecule has 0 unspecified atom stereocenters. The molecule has 1 saturated heterocycles. The van der Waals surface area contributed by atoms with Crippen molar-refractivity contribution >= 4 is 5.91 Å². The third kappa shape index (κ3) is 2.80. The highest BCUT2D eigenvalue weighted by molar-refractivity contribution is 5.79. The Morgan fingerprint density at radius 3 is 2.77 bits per heavy atom. The molecule has 2 aromatic rings. The molecule has 5 rings (SSSR count). The molecular formula is C19H23N5O2. The Hall–Kier alpha value is -2.28. The molecule has 3 heterocycles. The lowest BCUT2D eigenvalue weighted by atomic mass is 9.98. The maximum Gasteiger partial charge on any atom is 0.249 e. The molecule has 3 fully saturated rings. The topological polar surface area (TPSA) is 84.0 Å². The molecule has 7 heteroatoms. The van der Waals surface area contributed by atoms with Crippen molar-refractivity contribution in [3.63, 3.8) is 0 Å². The van der Waals surface area contributed by atoms with E-state index in [-0.39, 0.29) is 24.7 Å². The summed E-state index contributed by atoms with van der Waals surface area (Å²) in [5.74, 6) is 2.11. The van der Waals surface area contributed by atoms with Gasteiger partial charge in [-0.05, 0) is 37.3 Å². The lowest BCUT2D eigenvalue weighted by Crippen LogP contribution is -2.47. The Labute approximate surface area is 152 Å². The summed E-state index contributed by atoms with van der Waals surface area (Å²) in [6, 6.07) is 4.01. The van der Waals surface area contributed by atoms with Gasteiger partial charge in [-0.2, -0.15) is 5.10 Å². The van der Waals surface area contributed by atoms with E-state index >= 15 is 0 Å². The van der Waals surface area contributed by atoms with Gasteiger partial charge in [0.15, 0.2) is 11.6 Å². The first kappa shape index (κ1) is 15.9. The first-order chi connectivity index (χ1) is 12.8. The van der Waals surface area contributed by atoms with Crippen LogP contribution < -0.4 is 0 Å². The minimum absolute atomic E-state index is 0.0492. The standard InChI is InChI=1S/C19H23N5O2/c25-15-11-26-17(19-21-18(22-23-19)12-4-1-2-5-12)16(24(15)14-7-8-14)13-6-3-9-20-10-13/h3,6,9-10,12,14,16-17H,1-2,4-5,7-8,11H2,(H,21,22,23)/t16-,17+/m1/s1. The molecule has 0 bridgehead atoms. The molecule has 0 radical (unpaired) electrons. The van der Waals surface area contributed by atoms with Gasteiger partial charge < -0.3 is 9.64 Å². The average molecular weight is 353 g/mol. The van der Waals surface area contributed by atoms with E-state index < -0.39 is 0 Å². The van der Waals surface area contributed by atoms with Gasteiger partial charge in [0.05, 0.1) is 6.04 Å². The van der Waals surface area contributed by atoms with Crippen molar-refractivity contribution in [2.75, 3.05) is 6.61 Å². The number of ether oxygens (including phenoxy) is 1. The van der Waals surface area contributed by atoms with Crippen molar-refractivity contribution in [1.29, 1.82) is 0 Å². The molecule has 26 heavy (non-hydrogen) atoms. The number of hydrogen-bond acceptors (Lipinski definition) is 5. The number of pyridine rings is 1. The monoisotopic (exact) mass is 353 g/mol. The fraction of sp³-hybridized carbons (Fsp3) is 0.579. The molecule has 3 aliphatic rings. The Morgan fingerprint density at radius 2 is 2.04 bits per heavy atom. The van der Waals surface area contributed by atoms with Gasteiger partial charge in [-0.25, -0.2) is 4.98 Å². The summed E-state index contributed by atoms with van der Waals surface area (Å²) >= 11 is 0. The van der Waals surface area contributed by atoms with Gasteiger partial charge in [0.25, 0.3) is 0 Å². The Balaban J connectivity index is 1.50. The molecular weight excluding hydrogens is 330 g/mol. The molecule has 2 aromatic heterocycles. The fourth-order valence-electron chi connectivity index (χ4n) is 4.31. The second-order valence-corrected chi connectivity index (χ2v) is 7.56. The SMILES string of the molecule is O=C1CO[C@H](c2nc(C3CCCC3)n[nH]2)[C@@H](c2cccnc2)N1C1CC1. The Bertz CT molecular complexity index is 782. The fourth-order valence-corrected chi connectivity index (χ4v) is 4.31.